The van der Waals surface area contributed by atoms with Gasteiger partial charge in [-0.05, 0) is 25.5 Å². The number of aromatic nitrogens is 1. The van der Waals surface area contributed by atoms with Gasteiger partial charge in [0.15, 0.2) is 0 Å². The number of pyridine rings is 1. The first-order valence-corrected chi connectivity index (χ1v) is 4.80. The van der Waals surface area contributed by atoms with Crippen LogP contribution in [0.1, 0.15) is 31.7 Å². The van der Waals surface area contributed by atoms with E-state index in [2.05, 4.69) is 24.1 Å². The zero-order valence-corrected chi connectivity index (χ0v) is 8.45. The van der Waals surface area contributed by atoms with Gasteiger partial charge in [0.2, 0.25) is 5.91 Å². The van der Waals surface area contributed by atoms with Crippen molar-refractivity contribution in [1.82, 2.24) is 10.3 Å². The number of carbonyl (C=O) groups is 1. The molecule has 14 heavy (non-hydrogen) atoms. The van der Waals surface area contributed by atoms with Gasteiger partial charge in [0, 0.05) is 30.3 Å². The van der Waals surface area contributed by atoms with Gasteiger partial charge in [0.05, 0.1) is 0 Å². The predicted octanol–water partition coefficient (Wildman–Crippen LogP) is 1.46. The SMILES string of the molecule is CC1(C)NC(=O)CC1c1cccnc1. The van der Waals surface area contributed by atoms with Crippen LogP contribution in [0.5, 0.6) is 0 Å². The number of hydrogen-bond acceptors (Lipinski definition) is 2. The van der Waals surface area contributed by atoms with Crippen molar-refractivity contribution in [2.24, 2.45) is 0 Å². The number of amides is 1. The number of nitrogens with one attached hydrogen (secondary N) is 1. The fourth-order valence-electron chi connectivity index (χ4n) is 2.05. The molecular weight excluding hydrogens is 176 g/mol. The monoisotopic (exact) mass is 190 g/mol. The van der Waals surface area contributed by atoms with E-state index in [0.717, 1.165) is 5.56 Å². The predicted molar refractivity (Wildman–Crippen MR) is 53.8 cm³/mol. The van der Waals surface area contributed by atoms with E-state index in [-0.39, 0.29) is 17.4 Å². The summed E-state index contributed by atoms with van der Waals surface area (Å²) in [6.45, 7) is 4.10. The van der Waals surface area contributed by atoms with Gasteiger partial charge >= 0.3 is 0 Å². The van der Waals surface area contributed by atoms with Crippen molar-refractivity contribution in [3.63, 3.8) is 0 Å². The quantitative estimate of drug-likeness (QED) is 0.728. The van der Waals surface area contributed by atoms with Crippen molar-refractivity contribution < 1.29 is 4.79 Å². The average molecular weight is 190 g/mol. The molecular formula is C11H14N2O. The third-order valence-corrected chi connectivity index (χ3v) is 2.81. The summed E-state index contributed by atoms with van der Waals surface area (Å²) in [4.78, 5) is 15.4. The van der Waals surface area contributed by atoms with Crippen LogP contribution in [0.15, 0.2) is 24.5 Å². The third-order valence-electron chi connectivity index (χ3n) is 2.81. The molecule has 1 N–H and O–H groups in total. The fourth-order valence-corrected chi connectivity index (χ4v) is 2.05. The molecule has 0 spiro atoms. The Hall–Kier alpha value is -1.38. The molecule has 1 aromatic rings. The summed E-state index contributed by atoms with van der Waals surface area (Å²) < 4.78 is 0. The lowest BCUT2D eigenvalue weighted by Crippen LogP contribution is -2.38. The number of hydrogen-bond donors (Lipinski definition) is 1. The Morgan fingerprint density at radius 1 is 1.57 bits per heavy atom. The molecule has 3 heteroatoms. The van der Waals surface area contributed by atoms with E-state index in [9.17, 15) is 4.79 Å². The summed E-state index contributed by atoms with van der Waals surface area (Å²) in [5, 5.41) is 2.97. The van der Waals surface area contributed by atoms with Crippen LogP contribution in [-0.4, -0.2) is 16.4 Å². The lowest BCUT2D eigenvalue weighted by atomic mass is 9.84. The average Bonchev–Trinajstić information content (AvgIpc) is 2.41. The standard InChI is InChI=1S/C11H14N2O/c1-11(2)9(6-10(14)13-11)8-4-3-5-12-7-8/h3-5,7,9H,6H2,1-2H3,(H,13,14). The van der Waals surface area contributed by atoms with E-state index in [1.54, 1.807) is 6.20 Å². The van der Waals surface area contributed by atoms with Gasteiger partial charge in [-0.3, -0.25) is 9.78 Å². The molecule has 1 aliphatic rings. The normalized spacial score (nSPS) is 24.7. The van der Waals surface area contributed by atoms with Gasteiger partial charge < -0.3 is 5.32 Å². The summed E-state index contributed by atoms with van der Waals surface area (Å²) in [6, 6.07) is 3.94. The van der Waals surface area contributed by atoms with Crippen molar-refractivity contribution in [2.45, 2.75) is 31.7 Å². The van der Waals surface area contributed by atoms with Crippen LogP contribution in [0.4, 0.5) is 0 Å². The molecule has 1 amide bonds. The van der Waals surface area contributed by atoms with Crippen molar-refractivity contribution in [3.8, 4) is 0 Å². The minimum atomic E-state index is -0.153. The van der Waals surface area contributed by atoms with E-state index in [1.165, 1.54) is 0 Å². The van der Waals surface area contributed by atoms with E-state index < -0.39 is 0 Å². The summed E-state index contributed by atoms with van der Waals surface area (Å²) in [6.07, 6.45) is 4.16. The number of nitrogens with zero attached hydrogens (tertiary/aromatic N) is 1. The molecule has 2 rings (SSSR count). The minimum absolute atomic E-state index is 0.129. The highest BCUT2D eigenvalue weighted by Gasteiger charge is 2.39. The van der Waals surface area contributed by atoms with Crippen LogP contribution >= 0.6 is 0 Å². The van der Waals surface area contributed by atoms with Crippen LogP contribution in [0.2, 0.25) is 0 Å². The van der Waals surface area contributed by atoms with Crippen LogP contribution in [0.25, 0.3) is 0 Å². The van der Waals surface area contributed by atoms with Gasteiger partial charge in [0.1, 0.15) is 0 Å². The van der Waals surface area contributed by atoms with Gasteiger partial charge in [-0.15, -0.1) is 0 Å². The molecule has 3 nitrogen and oxygen atoms in total. The second kappa shape index (κ2) is 3.08. The Kier molecular flexibility index (Phi) is 2.02. The number of carbonyl (C=O) groups excluding carboxylic acids is 1. The Balaban J connectivity index is 2.32. The van der Waals surface area contributed by atoms with Crippen LogP contribution in [-0.2, 0) is 4.79 Å². The Bertz CT molecular complexity index is 346. The van der Waals surface area contributed by atoms with E-state index >= 15 is 0 Å². The lowest BCUT2D eigenvalue weighted by molar-refractivity contribution is -0.119. The van der Waals surface area contributed by atoms with E-state index in [0.29, 0.717) is 6.42 Å². The molecule has 1 saturated heterocycles. The van der Waals surface area contributed by atoms with E-state index in [4.69, 9.17) is 0 Å². The molecule has 1 aromatic heterocycles. The zero-order valence-electron chi connectivity index (χ0n) is 8.45. The first-order valence-electron chi connectivity index (χ1n) is 4.80. The lowest BCUT2D eigenvalue weighted by Gasteiger charge is -2.26. The molecule has 2 heterocycles. The van der Waals surface area contributed by atoms with Crippen LogP contribution in [0.3, 0.4) is 0 Å². The van der Waals surface area contributed by atoms with Gasteiger partial charge in [-0.25, -0.2) is 0 Å². The zero-order chi connectivity index (χ0) is 10.2. The fraction of sp³-hybridized carbons (Fsp3) is 0.455. The Morgan fingerprint density at radius 3 is 2.86 bits per heavy atom. The molecule has 0 aliphatic carbocycles. The number of rotatable bonds is 1. The second-order valence-electron chi connectivity index (χ2n) is 4.31. The highest BCUT2D eigenvalue weighted by Crippen LogP contribution is 2.35. The summed E-state index contributed by atoms with van der Waals surface area (Å²) in [5.74, 6) is 0.368. The smallest absolute Gasteiger partial charge is 0.221 e. The van der Waals surface area contributed by atoms with Gasteiger partial charge in [-0.2, -0.15) is 0 Å². The molecule has 0 aromatic carbocycles. The maximum Gasteiger partial charge on any atom is 0.221 e. The second-order valence-corrected chi connectivity index (χ2v) is 4.31. The van der Waals surface area contributed by atoms with Gasteiger partial charge in [-0.1, -0.05) is 6.07 Å². The first-order chi connectivity index (χ1) is 6.59. The molecule has 1 aliphatic heterocycles. The van der Waals surface area contributed by atoms with Crippen LogP contribution in [0, 0.1) is 0 Å². The molecule has 1 fully saturated rings. The first kappa shape index (κ1) is 9.19. The maximum absolute atomic E-state index is 11.3. The maximum atomic E-state index is 11.3. The largest absolute Gasteiger partial charge is 0.351 e. The van der Waals surface area contributed by atoms with Gasteiger partial charge in [0.25, 0.3) is 0 Å². The van der Waals surface area contributed by atoms with Crippen LogP contribution < -0.4 is 5.32 Å². The summed E-state index contributed by atoms with van der Waals surface area (Å²) in [5.41, 5.74) is 0.982. The van der Waals surface area contributed by atoms with Crippen molar-refractivity contribution in [3.05, 3.63) is 30.1 Å². The molecule has 0 radical (unpaired) electrons. The molecule has 1 atom stereocenters. The van der Waals surface area contributed by atoms with Crippen molar-refractivity contribution >= 4 is 5.91 Å². The molecule has 1 unspecified atom stereocenters. The summed E-state index contributed by atoms with van der Waals surface area (Å²) in [7, 11) is 0. The Morgan fingerprint density at radius 2 is 2.36 bits per heavy atom. The molecule has 74 valence electrons. The third kappa shape index (κ3) is 1.50. The highest BCUT2D eigenvalue weighted by molar-refractivity contribution is 5.81. The van der Waals surface area contributed by atoms with Crippen molar-refractivity contribution in [2.75, 3.05) is 0 Å². The highest BCUT2D eigenvalue weighted by atomic mass is 16.2. The van der Waals surface area contributed by atoms with E-state index in [1.807, 2.05) is 18.3 Å². The van der Waals surface area contributed by atoms with Crippen molar-refractivity contribution in [1.29, 1.82) is 0 Å². The Labute approximate surface area is 83.5 Å². The molecule has 0 saturated carbocycles. The topological polar surface area (TPSA) is 42.0 Å². The molecule has 0 bridgehead atoms. The minimum Gasteiger partial charge on any atom is -0.351 e. The summed E-state index contributed by atoms with van der Waals surface area (Å²) >= 11 is 0.